The van der Waals surface area contributed by atoms with Crippen LogP contribution in [-0.4, -0.2) is 33.2 Å². The molecule has 0 spiro atoms. The summed E-state index contributed by atoms with van der Waals surface area (Å²) in [5, 5.41) is 12.5. The maximum atomic E-state index is 11.7. The van der Waals surface area contributed by atoms with Gasteiger partial charge in [-0.25, -0.2) is 13.1 Å². The van der Waals surface area contributed by atoms with Crippen molar-refractivity contribution in [2.45, 2.75) is 31.2 Å². The van der Waals surface area contributed by atoms with Gasteiger partial charge in [-0.15, -0.1) is 0 Å². The van der Waals surface area contributed by atoms with Crippen LogP contribution < -0.4 is 15.8 Å². The Morgan fingerprint density at radius 2 is 2.00 bits per heavy atom. The average molecular weight is 301 g/mol. The van der Waals surface area contributed by atoms with E-state index in [1.807, 2.05) is 0 Å². The smallest absolute Gasteiger partial charge is 0.240 e. The van der Waals surface area contributed by atoms with Gasteiger partial charge in [-0.3, -0.25) is 0 Å². The summed E-state index contributed by atoms with van der Waals surface area (Å²) in [6, 6.07) is 4.39. The van der Waals surface area contributed by atoms with Crippen molar-refractivity contribution in [3.8, 4) is 0 Å². The van der Waals surface area contributed by atoms with E-state index in [-0.39, 0.29) is 17.5 Å². The number of nitrogens with two attached hydrogens (primary N) is 1. The summed E-state index contributed by atoms with van der Waals surface area (Å²) in [5.41, 5.74) is 6.83. The highest BCUT2D eigenvalue weighted by Gasteiger charge is 2.15. The highest BCUT2D eigenvalue weighted by molar-refractivity contribution is 7.89. The van der Waals surface area contributed by atoms with Gasteiger partial charge < -0.3 is 16.2 Å². The Bertz CT molecular complexity index is 544. The van der Waals surface area contributed by atoms with Crippen molar-refractivity contribution in [1.29, 1.82) is 0 Å². The van der Waals surface area contributed by atoms with E-state index in [1.165, 1.54) is 19.2 Å². The van der Waals surface area contributed by atoms with Crippen LogP contribution in [0, 0.1) is 5.92 Å². The number of aliphatic hydroxyl groups is 1. The summed E-state index contributed by atoms with van der Waals surface area (Å²) in [5.74, 6) is 0.435. The van der Waals surface area contributed by atoms with Crippen molar-refractivity contribution in [1.82, 2.24) is 4.72 Å². The van der Waals surface area contributed by atoms with Gasteiger partial charge in [-0.05, 0) is 37.6 Å². The van der Waals surface area contributed by atoms with E-state index in [2.05, 4.69) is 23.9 Å². The first-order valence-corrected chi connectivity index (χ1v) is 7.99. The monoisotopic (exact) mass is 301 g/mol. The highest BCUT2D eigenvalue weighted by atomic mass is 32.2. The van der Waals surface area contributed by atoms with Crippen LogP contribution in [0.2, 0.25) is 0 Å². The first kappa shape index (κ1) is 16.7. The number of nitrogens with one attached hydrogen (secondary N) is 2. The van der Waals surface area contributed by atoms with Gasteiger partial charge in [0.25, 0.3) is 0 Å². The van der Waals surface area contributed by atoms with Crippen molar-refractivity contribution in [2.24, 2.45) is 5.92 Å². The standard InChI is InChI=1S/C13H23N3O3S/c1-9(2)6-10(8-17)16-13-5-4-11(7-12(13)14)20(18,19)15-3/h4-5,7,9-10,15-17H,6,8,14H2,1-3H3. The predicted molar refractivity (Wildman–Crippen MR) is 81.1 cm³/mol. The molecular weight excluding hydrogens is 278 g/mol. The molecule has 0 fully saturated rings. The molecule has 0 heterocycles. The molecular formula is C13H23N3O3S. The SMILES string of the molecule is CNS(=O)(=O)c1ccc(NC(CO)CC(C)C)c(N)c1. The quantitative estimate of drug-likeness (QED) is 0.562. The van der Waals surface area contributed by atoms with Gasteiger partial charge in [0, 0.05) is 6.04 Å². The van der Waals surface area contributed by atoms with Crippen molar-refractivity contribution in [3.05, 3.63) is 18.2 Å². The van der Waals surface area contributed by atoms with Crippen molar-refractivity contribution in [3.63, 3.8) is 0 Å². The Morgan fingerprint density at radius 3 is 2.45 bits per heavy atom. The van der Waals surface area contributed by atoms with Gasteiger partial charge in [0.15, 0.2) is 0 Å². The van der Waals surface area contributed by atoms with E-state index in [1.54, 1.807) is 6.07 Å². The minimum atomic E-state index is -3.50. The number of rotatable bonds is 7. The lowest BCUT2D eigenvalue weighted by Crippen LogP contribution is -2.26. The van der Waals surface area contributed by atoms with Crippen molar-refractivity contribution in [2.75, 3.05) is 24.7 Å². The second kappa shape index (κ2) is 6.92. The summed E-state index contributed by atoms with van der Waals surface area (Å²) >= 11 is 0. The first-order chi connectivity index (χ1) is 9.30. The molecule has 0 aliphatic heterocycles. The van der Waals surface area contributed by atoms with Crippen LogP contribution in [0.5, 0.6) is 0 Å². The third-order valence-corrected chi connectivity index (χ3v) is 4.35. The zero-order valence-electron chi connectivity index (χ0n) is 12.1. The Balaban J connectivity index is 2.93. The molecule has 0 aromatic heterocycles. The lowest BCUT2D eigenvalue weighted by molar-refractivity contribution is 0.259. The average Bonchev–Trinajstić information content (AvgIpc) is 2.39. The molecule has 0 radical (unpaired) electrons. The Labute approximate surface area is 120 Å². The molecule has 1 unspecified atom stereocenters. The van der Waals surface area contributed by atoms with Crippen molar-refractivity contribution < 1.29 is 13.5 Å². The molecule has 1 aromatic rings. The zero-order valence-corrected chi connectivity index (χ0v) is 12.9. The van der Waals surface area contributed by atoms with Crippen molar-refractivity contribution >= 4 is 21.4 Å². The molecule has 0 saturated carbocycles. The van der Waals surface area contributed by atoms with Gasteiger partial charge in [0.2, 0.25) is 10.0 Å². The molecule has 114 valence electrons. The molecule has 1 aromatic carbocycles. The van der Waals surface area contributed by atoms with E-state index >= 15 is 0 Å². The van der Waals surface area contributed by atoms with Crippen LogP contribution in [0.25, 0.3) is 0 Å². The lowest BCUT2D eigenvalue weighted by Gasteiger charge is -2.20. The third kappa shape index (κ3) is 4.36. The van der Waals surface area contributed by atoms with Crippen LogP contribution in [0.3, 0.4) is 0 Å². The molecule has 6 nitrogen and oxygen atoms in total. The second-order valence-corrected chi connectivity index (χ2v) is 7.00. The van der Waals surface area contributed by atoms with Crippen LogP contribution in [0.1, 0.15) is 20.3 Å². The minimum Gasteiger partial charge on any atom is -0.397 e. The Kier molecular flexibility index (Phi) is 5.79. The number of hydrogen-bond acceptors (Lipinski definition) is 5. The second-order valence-electron chi connectivity index (χ2n) is 5.11. The number of nitrogen functional groups attached to an aromatic ring is 1. The number of aliphatic hydroxyl groups excluding tert-OH is 1. The summed E-state index contributed by atoms with van der Waals surface area (Å²) in [4.78, 5) is 0.118. The first-order valence-electron chi connectivity index (χ1n) is 6.50. The normalized spacial score (nSPS) is 13.4. The Morgan fingerprint density at radius 1 is 1.35 bits per heavy atom. The number of anilines is 2. The molecule has 20 heavy (non-hydrogen) atoms. The third-order valence-electron chi connectivity index (χ3n) is 2.94. The summed E-state index contributed by atoms with van der Waals surface area (Å²) in [6.07, 6.45) is 0.798. The summed E-state index contributed by atoms with van der Waals surface area (Å²) < 4.78 is 25.6. The van der Waals surface area contributed by atoms with Gasteiger partial charge in [-0.1, -0.05) is 13.8 Å². The van der Waals surface area contributed by atoms with Crippen LogP contribution in [0.4, 0.5) is 11.4 Å². The molecule has 0 aliphatic rings. The fourth-order valence-corrected chi connectivity index (χ4v) is 2.69. The summed E-state index contributed by atoms with van der Waals surface area (Å²) in [7, 11) is -2.15. The minimum absolute atomic E-state index is 0.00577. The van der Waals surface area contributed by atoms with Gasteiger partial charge >= 0.3 is 0 Å². The van der Waals surface area contributed by atoms with Crippen LogP contribution in [0.15, 0.2) is 23.1 Å². The van der Waals surface area contributed by atoms with Gasteiger partial charge in [0.05, 0.1) is 22.9 Å². The molecule has 0 bridgehead atoms. The molecule has 1 rings (SSSR count). The maximum absolute atomic E-state index is 11.7. The van der Waals surface area contributed by atoms with Crippen LogP contribution in [-0.2, 0) is 10.0 Å². The zero-order chi connectivity index (χ0) is 15.3. The van der Waals surface area contributed by atoms with E-state index < -0.39 is 10.0 Å². The number of sulfonamides is 1. The molecule has 5 N–H and O–H groups in total. The highest BCUT2D eigenvalue weighted by Crippen LogP contribution is 2.24. The maximum Gasteiger partial charge on any atom is 0.240 e. The van der Waals surface area contributed by atoms with Gasteiger partial charge in [-0.2, -0.15) is 0 Å². The fraction of sp³-hybridized carbons (Fsp3) is 0.538. The lowest BCUT2D eigenvalue weighted by atomic mass is 10.0. The molecule has 7 heteroatoms. The van der Waals surface area contributed by atoms with E-state index in [0.29, 0.717) is 17.3 Å². The molecule has 0 aliphatic carbocycles. The topological polar surface area (TPSA) is 104 Å². The van der Waals surface area contributed by atoms with E-state index in [0.717, 1.165) is 6.42 Å². The van der Waals surface area contributed by atoms with Gasteiger partial charge in [0.1, 0.15) is 0 Å². The molecule has 1 atom stereocenters. The van der Waals surface area contributed by atoms with E-state index in [4.69, 9.17) is 5.73 Å². The van der Waals surface area contributed by atoms with E-state index in [9.17, 15) is 13.5 Å². The largest absolute Gasteiger partial charge is 0.397 e. The Hall–Kier alpha value is -1.31. The number of hydrogen-bond donors (Lipinski definition) is 4. The number of benzene rings is 1. The fourth-order valence-electron chi connectivity index (χ4n) is 1.93. The van der Waals surface area contributed by atoms with Crippen LogP contribution >= 0.6 is 0 Å². The summed E-state index contributed by atoms with van der Waals surface area (Å²) in [6.45, 7) is 4.13. The molecule has 0 saturated heterocycles. The predicted octanol–water partition coefficient (Wildman–Crippen LogP) is 0.996. The molecule has 0 amide bonds.